The van der Waals surface area contributed by atoms with Crippen LogP contribution in [0.25, 0.3) is 0 Å². The van der Waals surface area contributed by atoms with Crippen molar-refractivity contribution in [1.82, 2.24) is 15.2 Å². The lowest BCUT2D eigenvalue weighted by Crippen LogP contribution is -2.52. The summed E-state index contributed by atoms with van der Waals surface area (Å²) in [5.74, 6) is 0.0217. The number of methoxy groups -OCH3 is 1. The number of carbonyl (C=O) groups excluding carboxylic acids is 2. The molecule has 1 aromatic heterocycles. The van der Waals surface area contributed by atoms with Gasteiger partial charge in [0.15, 0.2) is 10.8 Å². The number of rotatable bonds is 15. The number of thiazole rings is 1. The Kier molecular flexibility index (Phi) is 13.8. The SMILES string of the molecule is CCCCC(C)COC(=O)[C@@H]1COCCN1CC1=C(C(=O)OC)[C@H](c2ccc(F)cc2Cl)NC(c2ncc(C(CCC)C(C)C)s2)=N1. The number of aromatic nitrogens is 1. The number of hydrogen-bond donors (Lipinski definition) is 1. The van der Waals surface area contributed by atoms with Gasteiger partial charge in [0.1, 0.15) is 11.9 Å². The molecule has 0 bridgehead atoms. The Morgan fingerprint density at radius 2 is 2.00 bits per heavy atom. The van der Waals surface area contributed by atoms with E-state index in [0.717, 1.165) is 37.0 Å². The highest BCUT2D eigenvalue weighted by atomic mass is 35.5. The summed E-state index contributed by atoms with van der Waals surface area (Å²) < 4.78 is 30.9. The quantitative estimate of drug-likeness (QED) is 0.198. The van der Waals surface area contributed by atoms with Crippen molar-refractivity contribution in [3.05, 3.63) is 62.0 Å². The minimum Gasteiger partial charge on any atom is -0.466 e. The molecule has 1 N–H and O–H groups in total. The fourth-order valence-corrected chi connectivity index (χ4v) is 7.48. The monoisotopic (exact) mass is 690 g/mol. The van der Waals surface area contributed by atoms with Crippen LogP contribution in [0.3, 0.4) is 0 Å². The molecule has 2 aliphatic rings. The zero-order valence-corrected chi connectivity index (χ0v) is 29.9. The average Bonchev–Trinajstić information content (AvgIpc) is 3.54. The normalized spacial score (nSPS) is 20.1. The van der Waals surface area contributed by atoms with E-state index in [0.29, 0.717) is 53.7 Å². The van der Waals surface area contributed by atoms with Crippen molar-refractivity contribution >= 4 is 40.7 Å². The summed E-state index contributed by atoms with van der Waals surface area (Å²) in [7, 11) is 1.30. The van der Waals surface area contributed by atoms with E-state index < -0.39 is 23.9 Å². The minimum absolute atomic E-state index is 0.141. The summed E-state index contributed by atoms with van der Waals surface area (Å²) in [6.07, 6.45) is 7.14. The van der Waals surface area contributed by atoms with Gasteiger partial charge in [0, 0.05) is 29.2 Å². The molecule has 3 heterocycles. The second-order valence-corrected chi connectivity index (χ2v) is 14.2. The van der Waals surface area contributed by atoms with E-state index in [1.54, 1.807) is 17.4 Å². The van der Waals surface area contributed by atoms with Gasteiger partial charge in [0.05, 0.1) is 44.2 Å². The smallest absolute Gasteiger partial charge is 0.338 e. The summed E-state index contributed by atoms with van der Waals surface area (Å²) in [6, 6.07) is 2.58. The third kappa shape index (κ3) is 9.40. The molecule has 258 valence electrons. The molecule has 0 saturated carbocycles. The number of morpholine rings is 1. The van der Waals surface area contributed by atoms with Crippen molar-refractivity contribution in [3.63, 3.8) is 0 Å². The first-order valence-corrected chi connectivity index (χ1v) is 17.8. The first kappa shape index (κ1) is 37.0. The van der Waals surface area contributed by atoms with Crippen molar-refractivity contribution in [2.75, 3.05) is 40.0 Å². The third-order valence-electron chi connectivity index (χ3n) is 8.73. The van der Waals surface area contributed by atoms with E-state index in [1.807, 2.05) is 11.1 Å². The maximum atomic E-state index is 14.2. The zero-order valence-electron chi connectivity index (χ0n) is 28.3. The van der Waals surface area contributed by atoms with Crippen LogP contribution >= 0.6 is 22.9 Å². The molecular weight excluding hydrogens is 643 g/mol. The first-order valence-electron chi connectivity index (χ1n) is 16.6. The number of aliphatic imine (C=N–C) groups is 1. The molecular formula is C35H48ClFN4O5S. The summed E-state index contributed by atoms with van der Waals surface area (Å²) in [4.78, 5) is 39.7. The van der Waals surface area contributed by atoms with Crippen LogP contribution in [-0.4, -0.2) is 73.7 Å². The topological polar surface area (TPSA) is 102 Å². The maximum Gasteiger partial charge on any atom is 0.338 e. The van der Waals surface area contributed by atoms with E-state index in [4.69, 9.17) is 35.8 Å². The number of carbonyl (C=O) groups is 2. The molecule has 4 atom stereocenters. The van der Waals surface area contributed by atoms with Crippen molar-refractivity contribution in [3.8, 4) is 0 Å². The van der Waals surface area contributed by atoms with Crippen LogP contribution < -0.4 is 5.32 Å². The van der Waals surface area contributed by atoms with Crippen LogP contribution in [-0.2, 0) is 23.8 Å². The minimum atomic E-state index is -0.812. The predicted octanol–water partition coefficient (Wildman–Crippen LogP) is 7.06. The molecule has 0 radical (unpaired) electrons. The third-order valence-corrected chi connectivity index (χ3v) is 10.2. The Bertz CT molecular complexity index is 1450. The fourth-order valence-electron chi connectivity index (χ4n) is 6.02. The molecule has 47 heavy (non-hydrogen) atoms. The highest BCUT2D eigenvalue weighted by molar-refractivity contribution is 7.13. The van der Waals surface area contributed by atoms with E-state index in [1.165, 1.54) is 19.2 Å². The van der Waals surface area contributed by atoms with Gasteiger partial charge >= 0.3 is 11.9 Å². The van der Waals surface area contributed by atoms with Crippen LogP contribution in [0.2, 0.25) is 5.02 Å². The molecule has 0 aliphatic carbocycles. The lowest BCUT2D eigenvalue weighted by atomic mass is 9.90. The standard InChI is InChI=1S/C35H48ClFN4O5S/c1-7-9-11-22(5)19-46-34(42)28-20-45-15-14-41(28)18-27-30(35(43)44-6)31(25-13-12-23(37)16-26(25)36)40-32(39-27)33-38-17-29(47-33)24(10-8-2)21(3)4/h12-13,16-17,21-22,24,28,31H,7-11,14-15,18-20H2,1-6H3,(H,39,40)/t22?,24?,28-,31-/m0/s1. The molecule has 1 saturated heterocycles. The number of hydrogen-bond acceptors (Lipinski definition) is 10. The number of benzene rings is 1. The van der Waals surface area contributed by atoms with Gasteiger partial charge in [-0.15, -0.1) is 11.3 Å². The Morgan fingerprint density at radius 3 is 2.68 bits per heavy atom. The van der Waals surface area contributed by atoms with Crippen LogP contribution in [0.1, 0.15) is 94.1 Å². The molecule has 9 nitrogen and oxygen atoms in total. The molecule has 4 rings (SSSR count). The zero-order chi connectivity index (χ0) is 34.1. The number of amidine groups is 1. The summed E-state index contributed by atoms with van der Waals surface area (Å²) in [6.45, 7) is 12.3. The van der Waals surface area contributed by atoms with Crippen molar-refractivity contribution in [2.24, 2.45) is 16.8 Å². The molecule has 2 aromatic rings. The first-order chi connectivity index (χ1) is 22.6. The van der Waals surface area contributed by atoms with E-state index in [9.17, 15) is 14.0 Å². The Balaban J connectivity index is 1.74. The summed E-state index contributed by atoms with van der Waals surface area (Å²) >= 11 is 8.14. The van der Waals surface area contributed by atoms with Gasteiger partial charge in [0.2, 0.25) is 0 Å². The Morgan fingerprint density at radius 1 is 1.21 bits per heavy atom. The number of nitrogens with one attached hydrogen (secondary N) is 1. The summed E-state index contributed by atoms with van der Waals surface area (Å²) in [5, 5.41) is 4.18. The fraction of sp³-hybridized carbons (Fsp3) is 0.600. The van der Waals surface area contributed by atoms with Gasteiger partial charge in [-0.3, -0.25) is 9.69 Å². The van der Waals surface area contributed by atoms with Crippen LogP contribution in [0, 0.1) is 17.7 Å². The van der Waals surface area contributed by atoms with Crippen molar-refractivity contribution in [1.29, 1.82) is 0 Å². The van der Waals surface area contributed by atoms with Gasteiger partial charge in [-0.2, -0.15) is 0 Å². The van der Waals surface area contributed by atoms with Crippen molar-refractivity contribution < 1.29 is 28.2 Å². The lowest BCUT2D eigenvalue weighted by molar-refractivity contribution is -0.157. The molecule has 1 aromatic carbocycles. The number of unbranched alkanes of at least 4 members (excludes halogenated alkanes) is 1. The molecule has 2 aliphatic heterocycles. The molecule has 0 spiro atoms. The van der Waals surface area contributed by atoms with Gasteiger partial charge < -0.3 is 19.5 Å². The van der Waals surface area contributed by atoms with E-state index in [-0.39, 0.29) is 35.6 Å². The second-order valence-electron chi connectivity index (χ2n) is 12.7. The molecule has 0 amide bonds. The molecule has 1 fully saturated rings. The lowest BCUT2D eigenvalue weighted by Gasteiger charge is -2.36. The average molecular weight is 691 g/mol. The van der Waals surface area contributed by atoms with Crippen LogP contribution in [0.4, 0.5) is 4.39 Å². The highest BCUT2D eigenvalue weighted by Crippen LogP contribution is 2.37. The van der Waals surface area contributed by atoms with E-state index >= 15 is 0 Å². The Labute approximate surface area is 286 Å². The number of halogens is 2. The van der Waals surface area contributed by atoms with Crippen LogP contribution in [0.5, 0.6) is 0 Å². The van der Waals surface area contributed by atoms with Gasteiger partial charge in [-0.1, -0.05) is 71.5 Å². The summed E-state index contributed by atoms with van der Waals surface area (Å²) in [5.41, 5.74) is 1.11. The van der Waals surface area contributed by atoms with Crippen molar-refractivity contribution in [2.45, 2.75) is 84.7 Å². The van der Waals surface area contributed by atoms with Crippen LogP contribution in [0.15, 0.2) is 40.7 Å². The number of esters is 2. The van der Waals surface area contributed by atoms with Gasteiger partial charge in [0.25, 0.3) is 0 Å². The van der Waals surface area contributed by atoms with Gasteiger partial charge in [-0.25, -0.2) is 19.2 Å². The predicted molar refractivity (Wildman–Crippen MR) is 183 cm³/mol. The maximum absolute atomic E-state index is 14.2. The molecule has 2 unspecified atom stereocenters. The highest BCUT2D eigenvalue weighted by Gasteiger charge is 2.38. The second kappa shape index (κ2) is 17.5. The number of nitrogens with zero attached hydrogens (tertiary/aromatic N) is 3. The Hall–Kier alpha value is -2.86. The van der Waals surface area contributed by atoms with E-state index in [2.05, 4.69) is 39.9 Å². The molecule has 12 heteroatoms. The van der Waals surface area contributed by atoms with Gasteiger partial charge in [-0.05, 0) is 48.3 Å². The largest absolute Gasteiger partial charge is 0.466 e. The number of ether oxygens (including phenoxy) is 3.